The van der Waals surface area contributed by atoms with Crippen molar-refractivity contribution in [3.05, 3.63) is 29.3 Å². The molecular formula is C12H15NO. The zero-order valence-electron chi connectivity index (χ0n) is 8.63. The van der Waals surface area contributed by atoms with E-state index in [2.05, 4.69) is 31.3 Å². The number of carbonyl (C=O) groups is 1. The molecule has 1 heterocycles. The lowest BCUT2D eigenvalue weighted by atomic mass is 9.96. The summed E-state index contributed by atoms with van der Waals surface area (Å²) in [5.41, 5.74) is 3.48. The molecule has 1 aliphatic rings. The number of aryl methyl sites for hydroxylation is 1. The molecule has 0 saturated heterocycles. The predicted octanol–water partition coefficient (Wildman–Crippen LogP) is 2.69. The van der Waals surface area contributed by atoms with Gasteiger partial charge in [0, 0.05) is 5.69 Å². The van der Waals surface area contributed by atoms with Crippen molar-refractivity contribution in [1.82, 2.24) is 0 Å². The van der Waals surface area contributed by atoms with Gasteiger partial charge in [0.15, 0.2) is 0 Å². The van der Waals surface area contributed by atoms with Crippen LogP contribution in [0.5, 0.6) is 0 Å². The zero-order valence-corrected chi connectivity index (χ0v) is 8.63. The fourth-order valence-electron chi connectivity index (χ4n) is 2.11. The van der Waals surface area contributed by atoms with Gasteiger partial charge in [-0.15, -0.1) is 0 Å². The van der Waals surface area contributed by atoms with Crippen LogP contribution in [0.1, 0.15) is 37.3 Å². The fraction of sp³-hybridized carbons (Fsp3) is 0.417. The van der Waals surface area contributed by atoms with Crippen molar-refractivity contribution in [2.45, 2.75) is 32.6 Å². The average molecular weight is 189 g/mol. The average Bonchev–Trinajstić information content (AvgIpc) is 2.52. The SMILES string of the molecule is CCc1cccc2c1NC(=O)C2CC. The first kappa shape index (κ1) is 9.25. The van der Waals surface area contributed by atoms with E-state index >= 15 is 0 Å². The van der Waals surface area contributed by atoms with E-state index in [0.717, 1.165) is 18.5 Å². The third-order valence-corrected chi connectivity index (χ3v) is 2.91. The van der Waals surface area contributed by atoms with Crippen molar-refractivity contribution >= 4 is 11.6 Å². The van der Waals surface area contributed by atoms with E-state index in [1.54, 1.807) is 0 Å². The Hall–Kier alpha value is -1.31. The number of benzene rings is 1. The minimum atomic E-state index is 0.0662. The molecule has 0 bridgehead atoms. The first-order valence-electron chi connectivity index (χ1n) is 5.20. The summed E-state index contributed by atoms with van der Waals surface area (Å²) in [5, 5.41) is 2.98. The summed E-state index contributed by atoms with van der Waals surface area (Å²) in [7, 11) is 0. The molecule has 0 fully saturated rings. The van der Waals surface area contributed by atoms with E-state index in [1.807, 2.05) is 6.07 Å². The monoisotopic (exact) mass is 189 g/mol. The maximum Gasteiger partial charge on any atom is 0.232 e. The van der Waals surface area contributed by atoms with E-state index in [1.165, 1.54) is 11.1 Å². The number of anilines is 1. The van der Waals surface area contributed by atoms with E-state index in [-0.39, 0.29) is 11.8 Å². The van der Waals surface area contributed by atoms with Crippen LogP contribution in [0.15, 0.2) is 18.2 Å². The largest absolute Gasteiger partial charge is 0.325 e. The first-order chi connectivity index (χ1) is 6.77. The summed E-state index contributed by atoms with van der Waals surface area (Å²) in [4.78, 5) is 11.6. The summed E-state index contributed by atoms with van der Waals surface area (Å²) < 4.78 is 0. The number of hydrogen-bond donors (Lipinski definition) is 1. The summed E-state index contributed by atoms with van der Waals surface area (Å²) in [5.74, 6) is 0.222. The van der Waals surface area contributed by atoms with Crippen molar-refractivity contribution in [3.63, 3.8) is 0 Å². The lowest BCUT2D eigenvalue weighted by molar-refractivity contribution is -0.117. The number of nitrogens with one attached hydrogen (secondary N) is 1. The van der Waals surface area contributed by atoms with Crippen LogP contribution in [-0.2, 0) is 11.2 Å². The predicted molar refractivity (Wildman–Crippen MR) is 57.5 cm³/mol. The van der Waals surface area contributed by atoms with Crippen LogP contribution in [-0.4, -0.2) is 5.91 Å². The molecule has 1 aliphatic heterocycles. The molecule has 2 rings (SSSR count). The van der Waals surface area contributed by atoms with Gasteiger partial charge < -0.3 is 5.32 Å². The molecule has 1 aromatic rings. The van der Waals surface area contributed by atoms with Gasteiger partial charge in [-0.25, -0.2) is 0 Å². The molecule has 1 amide bonds. The van der Waals surface area contributed by atoms with Crippen LogP contribution in [0, 0.1) is 0 Å². The lowest BCUT2D eigenvalue weighted by Crippen LogP contribution is -2.10. The standard InChI is InChI=1S/C12H15NO/c1-3-8-6-5-7-10-9(4-2)12(14)13-11(8)10/h5-7,9H,3-4H2,1-2H3,(H,13,14). The van der Waals surface area contributed by atoms with Gasteiger partial charge in [-0.05, 0) is 24.0 Å². The topological polar surface area (TPSA) is 29.1 Å². The number of hydrogen-bond acceptors (Lipinski definition) is 1. The number of fused-ring (bicyclic) bond motifs is 1. The number of rotatable bonds is 2. The van der Waals surface area contributed by atoms with Crippen LogP contribution in [0.2, 0.25) is 0 Å². The van der Waals surface area contributed by atoms with Gasteiger partial charge >= 0.3 is 0 Å². The molecule has 0 aliphatic carbocycles. The molecule has 2 nitrogen and oxygen atoms in total. The van der Waals surface area contributed by atoms with Crippen LogP contribution in [0.3, 0.4) is 0 Å². The van der Waals surface area contributed by atoms with Crippen LogP contribution < -0.4 is 5.32 Å². The smallest absolute Gasteiger partial charge is 0.232 e. The fourth-order valence-corrected chi connectivity index (χ4v) is 2.11. The summed E-state index contributed by atoms with van der Waals surface area (Å²) >= 11 is 0. The van der Waals surface area contributed by atoms with Crippen LogP contribution in [0.4, 0.5) is 5.69 Å². The van der Waals surface area contributed by atoms with E-state index < -0.39 is 0 Å². The molecule has 0 spiro atoms. The molecule has 1 aromatic carbocycles. The zero-order chi connectivity index (χ0) is 10.1. The molecule has 0 saturated carbocycles. The Labute approximate surface area is 84.3 Å². The molecule has 1 N–H and O–H groups in total. The lowest BCUT2D eigenvalue weighted by Gasteiger charge is -2.06. The second kappa shape index (κ2) is 3.45. The number of carbonyl (C=O) groups excluding carboxylic acids is 1. The maximum atomic E-state index is 11.6. The highest BCUT2D eigenvalue weighted by molar-refractivity contribution is 6.03. The van der Waals surface area contributed by atoms with E-state index in [9.17, 15) is 4.79 Å². The molecule has 0 radical (unpaired) electrons. The van der Waals surface area contributed by atoms with Crippen LogP contribution >= 0.6 is 0 Å². The van der Waals surface area contributed by atoms with Crippen molar-refractivity contribution in [3.8, 4) is 0 Å². The molecular weight excluding hydrogens is 174 g/mol. The summed E-state index contributed by atoms with van der Waals surface area (Å²) in [6.07, 6.45) is 1.85. The van der Waals surface area contributed by atoms with Crippen molar-refractivity contribution in [1.29, 1.82) is 0 Å². The van der Waals surface area contributed by atoms with E-state index in [0.29, 0.717) is 0 Å². The Morgan fingerprint density at radius 3 is 2.79 bits per heavy atom. The van der Waals surface area contributed by atoms with Gasteiger partial charge in [0.1, 0.15) is 0 Å². The van der Waals surface area contributed by atoms with Gasteiger partial charge in [-0.1, -0.05) is 32.0 Å². The highest BCUT2D eigenvalue weighted by atomic mass is 16.2. The molecule has 1 unspecified atom stereocenters. The summed E-state index contributed by atoms with van der Waals surface area (Å²) in [6.45, 7) is 4.17. The molecule has 14 heavy (non-hydrogen) atoms. The Morgan fingerprint density at radius 2 is 2.14 bits per heavy atom. The Balaban J connectivity index is 2.51. The van der Waals surface area contributed by atoms with Gasteiger partial charge in [-0.2, -0.15) is 0 Å². The molecule has 0 aromatic heterocycles. The third-order valence-electron chi connectivity index (χ3n) is 2.91. The second-order valence-electron chi connectivity index (χ2n) is 3.69. The van der Waals surface area contributed by atoms with Gasteiger partial charge in [0.2, 0.25) is 5.91 Å². The van der Waals surface area contributed by atoms with Gasteiger partial charge in [0.05, 0.1) is 5.92 Å². The Morgan fingerprint density at radius 1 is 1.36 bits per heavy atom. The van der Waals surface area contributed by atoms with Gasteiger partial charge in [-0.3, -0.25) is 4.79 Å². The van der Waals surface area contributed by atoms with Crippen molar-refractivity contribution < 1.29 is 4.79 Å². The first-order valence-corrected chi connectivity index (χ1v) is 5.20. The summed E-state index contributed by atoms with van der Waals surface area (Å²) in [6, 6.07) is 6.18. The third kappa shape index (κ3) is 1.22. The Kier molecular flexibility index (Phi) is 2.28. The normalized spacial score (nSPS) is 19.3. The number of amides is 1. The highest BCUT2D eigenvalue weighted by Crippen LogP contribution is 2.36. The minimum Gasteiger partial charge on any atom is -0.325 e. The van der Waals surface area contributed by atoms with Crippen molar-refractivity contribution in [2.24, 2.45) is 0 Å². The molecule has 2 heteroatoms. The Bertz CT molecular complexity index is 371. The quantitative estimate of drug-likeness (QED) is 0.761. The molecule has 74 valence electrons. The second-order valence-corrected chi connectivity index (χ2v) is 3.69. The van der Waals surface area contributed by atoms with Crippen molar-refractivity contribution in [2.75, 3.05) is 5.32 Å². The van der Waals surface area contributed by atoms with E-state index in [4.69, 9.17) is 0 Å². The van der Waals surface area contributed by atoms with Gasteiger partial charge in [0.25, 0.3) is 0 Å². The maximum absolute atomic E-state index is 11.6. The molecule has 1 atom stereocenters. The minimum absolute atomic E-state index is 0.0662. The highest BCUT2D eigenvalue weighted by Gasteiger charge is 2.29. The number of para-hydroxylation sites is 1. The van der Waals surface area contributed by atoms with Crippen LogP contribution in [0.25, 0.3) is 0 Å².